The van der Waals surface area contributed by atoms with Crippen LogP contribution in [0.2, 0.25) is 0 Å². The van der Waals surface area contributed by atoms with Crippen molar-refractivity contribution in [3.8, 4) is 0 Å². The third-order valence-electron chi connectivity index (χ3n) is 3.05. The Balaban J connectivity index is 2.75. The molecular weight excluding hydrogens is 204 g/mol. The van der Waals surface area contributed by atoms with Gasteiger partial charge in [0.2, 0.25) is 0 Å². The van der Waals surface area contributed by atoms with Crippen LogP contribution >= 0.6 is 0 Å². The molecule has 0 amide bonds. The maximum Gasteiger partial charge on any atom is 0.345 e. The highest BCUT2D eigenvalue weighted by Crippen LogP contribution is 2.08. The largest absolute Gasteiger partial charge is 0.345 e. The van der Waals surface area contributed by atoms with Gasteiger partial charge in [0.15, 0.2) is 0 Å². The van der Waals surface area contributed by atoms with Crippen LogP contribution in [-0.2, 0) is 13.6 Å². The third kappa shape index (κ3) is 2.95. The van der Waals surface area contributed by atoms with Crippen LogP contribution in [0.1, 0.15) is 27.2 Å². The van der Waals surface area contributed by atoms with Gasteiger partial charge < -0.3 is 5.32 Å². The van der Waals surface area contributed by atoms with Crippen molar-refractivity contribution < 1.29 is 0 Å². The van der Waals surface area contributed by atoms with E-state index < -0.39 is 0 Å². The molecule has 1 aromatic heterocycles. The van der Waals surface area contributed by atoms with E-state index in [2.05, 4.69) is 31.2 Å². The maximum atomic E-state index is 11.7. The summed E-state index contributed by atoms with van der Waals surface area (Å²) in [6, 6.07) is 0.308. The van der Waals surface area contributed by atoms with Crippen LogP contribution in [0.5, 0.6) is 0 Å². The van der Waals surface area contributed by atoms with Crippen LogP contribution in [0, 0.1) is 5.92 Å². The van der Waals surface area contributed by atoms with E-state index in [0.717, 1.165) is 13.0 Å². The first-order chi connectivity index (χ1) is 7.60. The second-order valence-corrected chi connectivity index (χ2v) is 4.26. The van der Waals surface area contributed by atoms with Crippen molar-refractivity contribution in [2.45, 2.75) is 39.8 Å². The first-order valence-corrected chi connectivity index (χ1v) is 5.91. The van der Waals surface area contributed by atoms with Gasteiger partial charge >= 0.3 is 5.69 Å². The van der Waals surface area contributed by atoms with Crippen LogP contribution in [0.3, 0.4) is 0 Å². The quantitative estimate of drug-likeness (QED) is 0.773. The van der Waals surface area contributed by atoms with E-state index in [1.165, 1.54) is 9.25 Å². The predicted octanol–water partition coefficient (Wildman–Crippen LogP) is 0.606. The SMILES string of the molecule is CCNC(Cn1ncn(C)c1=O)C(C)CC. The average Bonchev–Trinajstić information content (AvgIpc) is 2.59. The number of nitrogens with one attached hydrogen (secondary N) is 1. The molecule has 0 aliphatic rings. The van der Waals surface area contributed by atoms with Crippen molar-refractivity contribution in [2.24, 2.45) is 13.0 Å². The molecule has 0 aliphatic carbocycles. The summed E-state index contributed by atoms with van der Waals surface area (Å²) < 4.78 is 3.03. The molecule has 0 saturated heterocycles. The minimum Gasteiger partial charge on any atom is -0.312 e. The highest BCUT2D eigenvalue weighted by molar-refractivity contribution is 4.75. The summed E-state index contributed by atoms with van der Waals surface area (Å²) in [7, 11) is 1.72. The normalized spacial score (nSPS) is 15.0. The molecule has 2 unspecified atom stereocenters. The van der Waals surface area contributed by atoms with E-state index in [0.29, 0.717) is 18.5 Å². The van der Waals surface area contributed by atoms with Gasteiger partial charge in [0, 0.05) is 13.1 Å². The standard InChI is InChI=1S/C11H22N4O/c1-5-9(3)10(12-6-2)7-15-11(16)14(4)8-13-15/h8-10,12H,5-7H2,1-4H3. The van der Waals surface area contributed by atoms with Gasteiger partial charge in [0.25, 0.3) is 0 Å². The highest BCUT2D eigenvalue weighted by Gasteiger charge is 2.16. The third-order valence-corrected chi connectivity index (χ3v) is 3.05. The summed E-state index contributed by atoms with van der Waals surface area (Å²) in [5.41, 5.74) is -0.0498. The summed E-state index contributed by atoms with van der Waals surface area (Å²) in [6.45, 7) is 7.99. The molecule has 0 saturated carbocycles. The van der Waals surface area contributed by atoms with Gasteiger partial charge in [0.1, 0.15) is 6.33 Å². The molecule has 0 radical (unpaired) electrons. The van der Waals surface area contributed by atoms with Crippen molar-refractivity contribution >= 4 is 0 Å². The highest BCUT2D eigenvalue weighted by atomic mass is 16.2. The van der Waals surface area contributed by atoms with Crippen LogP contribution in [0.4, 0.5) is 0 Å². The lowest BCUT2D eigenvalue weighted by Crippen LogP contribution is -2.41. The summed E-state index contributed by atoms with van der Waals surface area (Å²) in [5, 5.41) is 7.49. The molecule has 1 rings (SSSR count). The number of rotatable bonds is 6. The van der Waals surface area contributed by atoms with Gasteiger partial charge in [-0.2, -0.15) is 5.10 Å². The molecule has 0 bridgehead atoms. The first-order valence-electron chi connectivity index (χ1n) is 5.91. The molecule has 1 N–H and O–H groups in total. The van der Waals surface area contributed by atoms with Crippen molar-refractivity contribution in [2.75, 3.05) is 6.54 Å². The first kappa shape index (κ1) is 13.0. The van der Waals surface area contributed by atoms with Crippen molar-refractivity contribution in [3.63, 3.8) is 0 Å². The number of hydrogen-bond acceptors (Lipinski definition) is 3. The van der Waals surface area contributed by atoms with E-state index in [1.807, 2.05) is 0 Å². The van der Waals surface area contributed by atoms with Crippen LogP contribution < -0.4 is 11.0 Å². The van der Waals surface area contributed by atoms with Gasteiger partial charge in [-0.1, -0.05) is 27.2 Å². The molecule has 0 aromatic carbocycles. The lowest BCUT2D eigenvalue weighted by Gasteiger charge is -2.23. The Kier molecular flexibility index (Phi) is 4.73. The van der Waals surface area contributed by atoms with Gasteiger partial charge in [-0.3, -0.25) is 4.57 Å². The van der Waals surface area contributed by atoms with Crippen LogP contribution in [0.15, 0.2) is 11.1 Å². The van der Waals surface area contributed by atoms with Gasteiger partial charge in [-0.05, 0) is 12.5 Å². The number of likely N-dealkylation sites (N-methyl/N-ethyl adjacent to an activating group) is 1. The summed E-state index contributed by atoms with van der Waals surface area (Å²) in [5.74, 6) is 0.536. The molecule has 2 atom stereocenters. The maximum absolute atomic E-state index is 11.7. The Morgan fingerprint density at radius 3 is 2.62 bits per heavy atom. The monoisotopic (exact) mass is 226 g/mol. The van der Waals surface area contributed by atoms with Gasteiger partial charge in [0.05, 0.1) is 6.54 Å². The Morgan fingerprint density at radius 2 is 2.19 bits per heavy atom. The second-order valence-electron chi connectivity index (χ2n) is 4.26. The van der Waals surface area contributed by atoms with E-state index >= 15 is 0 Å². The van der Waals surface area contributed by atoms with E-state index in [1.54, 1.807) is 13.4 Å². The zero-order valence-electron chi connectivity index (χ0n) is 10.6. The summed E-state index contributed by atoms with van der Waals surface area (Å²) in [4.78, 5) is 11.7. The molecule has 1 heterocycles. The molecule has 0 aliphatic heterocycles. The van der Waals surface area contributed by atoms with Crippen LogP contribution in [0.25, 0.3) is 0 Å². The number of aromatic nitrogens is 3. The molecule has 16 heavy (non-hydrogen) atoms. The fraction of sp³-hybridized carbons (Fsp3) is 0.818. The van der Waals surface area contributed by atoms with Crippen molar-refractivity contribution in [1.82, 2.24) is 19.7 Å². The van der Waals surface area contributed by atoms with Gasteiger partial charge in [-0.15, -0.1) is 0 Å². The molecule has 92 valence electrons. The molecule has 1 aromatic rings. The lowest BCUT2D eigenvalue weighted by atomic mass is 9.99. The number of nitrogens with zero attached hydrogens (tertiary/aromatic N) is 3. The minimum atomic E-state index is -0.0498. The average molecular weight is 226 g/mol. The molecule has 0 spiro atoms. The molecule has 5 heteroatoms. The summed E-state index contributed by atoms with van der Waals surface area (Å²) in [6.07, 6.45) is 2.65. The Morgan fingerprint density at radius 1 is 1.50 bits per heavy atom. The Bertz CT molecular complexity index is 368. The number of aryl methyl sites for hydroxylation is 1. The zero-order valence-corrected chi connectivity index (χ0v) is 10.6. The second kappa shape index (κ2) is 5.84. The molecule has 0 fully saturated rings. The number of hydrogen-bond donors (Lipinski definition) is 1. The van der Waals surface area contributed by atoms with Crippen LogP contribution in [-0.4, -0.2) is 26.9 Å². The van der Waals surface area contributed by atoms with Crippen molar-refractivity contribution in [1.29, 1.82) is 0 Å². The molecule has 5 nitrogen and oxygen atoms in total. The van der Waals surface area contributed by atoms with E-state index in [4.69, 9.17) is 0 Å². The fourth-order valence-corrected chi connectivity index (χ4v) is 1.72. The Hall–Kier alpha value is -1.10. The van der Waals surface area contributed by atoms with Crippen molar-refractivity contribution in [3.05, 3.63) is 16.8 Å². The predicted molar refractivity (Wildman–Crippen MR) is 64.4 cm³/mol. The fourth-order valence-electron chi connectivity index (χ4n) is 1.72. The lowest BCUT2D eigenvalue weighted by molar-refractivity contribution is 0.319. The van der Waals surface area contributed by atoms with E-state index in [9.17, 15) is 4.79 Å². The van der Waals surface area contributed by atoms with Gasteiger partial charge in [-0.25, -0.2) is 9.48 Å². The topological polar surface area (TPSA) is 51.9 Å². The minimum absolute atomic E-state index is 0.0498. The Labute approximate surface area is 96.5 Å². The smallest absolute Gasteiger partial charge is 0.312 e. The zero-order chi connectivity index (χ0) is 12.1. The molecular formula is C11H22N4O. The summed E-state index contributed by atoms with van der Waals surface area (Å²) >= 11 is 0. The van der Waals surface area contributed by atoms with E-state index in [-0.39, 0.29) is 5.69 Å².